The summed E-state index contributed by atoms with van der Waals surface area (Å²) in [5.41, 5.74) is 8.14. The minimum absolute atomic E-state index is 0.00390. The smallest absolute Gasteiger partial charge is 0.240 e. The normalized spacial score (nSPS) is 14.3. The molecule has 1 saturated carbocycles. The van der Waals surface area contributed by atoms with Crippen molar-refractivity contribution in [2.75, 3.05) is 5.73 Å². The van der Waals surface area contributed by atoms with Crippen LogP contribution in [-0.2, 0) is 11.3 Å². The summed E-state index contributed by atoms with van der Waals surface area (Å²) in [6.07, 6.45) is 8.81. The summed E-state index contributed by atoms with van der Waals surface area (Å²) in [5, 5.41) is 2.95. The van der Waals surface area contributed by atoms with Crippen LogP contribution in [-0.4, -0.2) is 26.5 Å². The molecular formula is C13H15N5O. The fourth-order valence-corrected chi connectivity index (χ4v) is 1.95. The third-order valence-corrected chi connectivity index (χ3v) is 3.10. The molecule has 0 bridgehead atoms. The first kappa shape index (κ1) is 11.7. The number of carbonyl (C=O) groups is 1. The van der Waals surface area contributed by atoms with Crippen molar-refractivity contribution in [1.82, 2.24) is 19.9 Å². The Labute approximate surface area is 110 Å². The third kappa shape index (κ3) is 2.57. The van der Waals surface area contributed by atoms with E-state index in [4.69, 9.17) is 5.73 Å². The molecule has 0 aromatic carbocycles. The van der Waals surface area contributed by atoms with Gasteiger partial charge < -0.3 is 15.6 Å². The molecule has 1 fully saturated rings. The van der Waals surface area contributed by atoms with Gasteiger partial charge in [0.2, 0.25) is 5.91 Å². The van der Waals surface area contributed by atoms with Crippen LogP contribution in [0.2, 0.25) is 0 Å². The van der Waals surface area contributed by atoms with Crippen molar-refractivity contribution < 1.29 is 4.79 Å². The molecule has 0 atom stereocenters. The molecule has 6 heteroatoms. The Morgan fingerprint density at radius 3 is 3.00 bits per heavy atom. The number of imidazole rings is 1. The number of nitrogen functional groups attached to an aromatic ring is 1. The molecule has 0 saturated heterocycles. The zero-order chi connectivity index (χ0) is 13.2. The first-order valence-electron chi connectivity index (χ1n) is 6.23. The highest BCUT2D eigenvalue weighted by molar-refractivity contribution is 5.78. The molecule has 2 aromatic heterocycles. The molecule has 6 nitrogen and oxygen atoms in total. The number of carbonyl (C=O) groups excluding carboxylic acids is 1. The maximum atomic E-state index is 11.8. The number of hydrogen-bond donors (Lipinski definition) is 2. The van der Waals surface area contributed by atoms with Crippen LogP contribution in [0.3, 0.4) is 0 Å². The number of hydrogen-bond acceptors (Lipinski definition) is 4. The van der Waals surface area contributed by atoms with E-state index in [2.05, 4.69) is 15.3 Å². The predicted molar refractivity (Wildman–Crippen MR) is 71.0 cm³/mol. The van der Waals surface area contributed by atoms with E-state index < -0.39 is 0 Å². The fourth-order valence-electron chi connectivity index (χ4n) is 1.95. The predicted octanol–water partition coefficient (Wildman–Crippen LogP) is 0.806. The zero-order valence-electron chi connectivity index (χ0n) is 10.4. The molecule has 0 aliphatic heterocycles. The molecule has 1 aliphatic rings. The maximum Gasteiger partial charge on any atom is 0.240 e. The largest absolute Gasteiger partial charge is 0.398 e. The molecule has 1 amide bonds. The highest BCUT2D eigenvalue weighted by atomic mass is 16.2. The van der Waals surface area contributed by atoms with Crippen LogP contribution in [0.15, 0.2) is 31.0 Å². The summed E-state index contributed by atoms with van der Waals surface area (Å²) < 4.78 is 1.78. The molecule has 0 unspecified atom stereocenters. The number of rotatable bonds is 4. The Bertz CT molecular complexity index is 603. The van der Waals surface area contributed by atoms with E-state index in [0.29, 0.717) is 11.7 Å². The van der Waals surface area contributed by atoms with Crippen molar-refractivity contribution in [2.24, 2.45) is 0 Å². The van der Waals surface area contributed by atoms with Gasteiger partial charge >= 0.3 is 0 Å². The first-order chi connectivity index (χ1) is 9.24. The van der Waals surface area contributed by atoms with Gasteiger partial charge in [-0.15, -0.1) is 0 Å². The lowest BCUT2D eigenvalue weighted by Gasteiger charge is -2.09. The number of amides is 1. The molecular weight excluding hydrogens is 242 g/mol. The lowest BCUT2D eigenvalue weighted by atomic mass is 10.2. The van der Waals surface area contributed by atoms with Crippen LogP contribution in [0.25, 0.3) is 11.3 Å². The van der Waals surface area contributed by atoms with E-state index in [1.165, 1.54) is 0 Å². The van der Waals surface area contributed by atoms with Gasteiger partial charge in [0.25, 0.3) is 0 Å². The Hall–Kier alpha value is -2.37. The standard InChI is InChI=1S/C13H15N5O/c14-11-3-4-15-5-10(11)12-6-16-8-18(12)7-13(19)17-9-1-2-9/h3-6,8-9H,1-2,7H2,(H2,14,15)(H,17,19). The van der Waals surface area contributed by atoms with Crippen LogP contribution in [0.5, 0.6) is 0 Å². The molecule has 98 valence electrons. The lowest BCUT2D eigenvalue weighted by Crippen LogP contribution is -2.29. The van der Waals surface area contributed by atoms with Crippen molar-refractivity contribution in [1.29, 1.82) is 0 Å². The molecule has 2 aromatic rings. The minimum atomic E-state index is 0.00390. The van der Waals surface area contributed by atoms with Crippen LogP contribution < -0.4 is 11.1 Å². The molecule has 0 spiro atoms. The van der Waals surface area contributed by atoms with Gasteiger partial charge in [0.1, 0.15) is 6.54 Å². The monoisotopic (exact) mass is 257 g/mol. The summed E-state index contributed by atoms with van der Waals surface area (Å²) in [5.74, 6) is 0.00390. The maximum absolute atomic E-state index is 11.8. The second-order valence-electron chi connectivity index (χ2n) is 4.71. The Morgan fingerprint density at radius 1 is 1.42 bits per heavy atom. The Balaban J connectivity index is 1.81. The van der Waals surface area contributed by atoms with E-state index in [9.17, 15) is 4.79 Å². The molecule has 19 heavy (non-hydrogen) atoms. The molecule has 1 aliphatic carbocycles. The van der Waals surface area contributed by atoms with Crippen LogP contribution in [0.1, 0.15) is 12.8 Å². The highest BCUT2D eigenvalue weighted by Gasteiger charge is 2.23. The SMILES string of the molecule is Nc1ccncc1-c1cncn1CC(=O)NC1CC1. The summed E-state index contributed by atoms with van der Waals surface area (Å²) in [4.78, 5) is 20.0. The van der Waals surface area contributed by atoms with E-state index in [-0.39, 0.29) is 12.5 Å². The third-order valence-electron chi connectivity index (χ3n) is 3.10. The van der Waals surface area contributed by atoms with Gasteiger partial charge in [-0.3, -0.25) is 9.78 Å². The minimum Gasteiger partial charge on any atom is -0.398 e. The van der Waals surface area contributed by atoms with E-state index >= 15 is 0 Å². The van der Waals surface area contributed by atoms with Crippen LogP contribution >= 0.6 is 0 Å². The Morgan fingerprint density at radius 2 is 2.26 bits per heavy atom. The van der Waals surface area contributed by atoms with Crippen LogP contribution in [0.4, 0.5) is 5.69 Å². The van der Waals surface area contributed by atoms with Gasteiger partial charge in [-0.25, -0.2) is 4.98 Å². The number of aromatic nitrogens is 3. The second-order valence-corrected chi connectivity index (χ2v) is 4.71. The van der Waals surface area contributed by atoms with Gasteiger partial charge in [-0.2, -0.15) is 0 Å². The van der Waals surface area contributed by atoms with Crippen molar-refractivity contribution in [3.63, 3.8) is 0 Å². The summed E-state index contributed by atoms with van der Waals surface area (Å²) >= 11 is 0. The van der Waals surface area contributed by atoms with Crippen molar-refractivity contribution >= 4 is 11.6 Å². The summed E-state index contributed by atoms with van der Waals surface area (Å²) in [6, 6.07) is 2.10. The number of anilines is 1. The summed E-state index contributed by atoms with van der Waals surface area (Å²) in [6.45, 7) is 0.250. The first-order valence-corrected chi connectivity index (χ1v) is 6.23. The van der Waals surface area contributed by atoms with Gasteiger partial charge in [-0.05, 0) is 18.9 Å². The molecule has 3 rings (SSSR count). The van der Waals surface area contributed by atoms with E-state index in [1.54, 1.807) is 35.6 Å². The topological polar surface area (TPSA) is 85.8 Å². The number of pyridine rings is 1. The van der Waals surface area contributed by atoms with Gasteiger partial charge in [0, 0.05) is 29.7 Å². The zero-order valence-corrected chi connectivity index (χ0v) is 10.4. The Kier molecular flexibility index (Phi) is 2.91. The van der Waals surface area contributed by atoms with Gasteiger partial charge in [-0.1, -0.05) is 0 Å². The molecule has 0 radical (unpaired) electrons. The average Bonchev–Trinajstić information content (AvgIpc) is 3.08. The fraction of sp³-hybridized carbons (Fsp3) is 0.308. The summed E-state index contributed by atoms with van der Waals surface area (Å²) in [7, 11) is 0. The van der Waals surface area contributed by atoms with Crippen molar-refractivity contribution in [2.45, 2.75) is 25.4 Å². The van der Waals surface area contributed by atoms with E-state index in [0.717, 1.165) is 24.1 Å². The lowest BCUT2D eigenvalue weighted by molar-refractivity contribution is -0.121. The number of nitrogens with zero attached hydrogens (tertiary/aromatic N) is 3. The van der Waals surface area contributed by atoms with Crippen molar-refractivity contribution in [3.05, 3.63) is 31.0 Å². The molecule has 3 N–H and O–H groups in total. The van der Waals surface area contributed by atoms with Gasteiger partial charge in [0.15, 0.2) is 0 Å². The average molecular weight is 257 g/mol. The second kappa shape index (κ2) is 4.72. The van der Waals surface area contributed by atoms with Crippen molar-refractivity contribution in [3.8, 4) is 11.3 Å². The number of nitrogens with one attached hydrogen (secondary N) is 1. The van der Waals surface area contributed by atoms with Gasteiger partial charge in [0.05, 0.1) is 18.2 Å². The quantitative estimate of drug-likeness (QED) is 0.848. The van der Waals surface area contributed by atoms with Crippen LogP contribution in [0, 0.1) is 0 Å². The number of nitrogens with two attached hydrogens (primary N) is 1. The van der Waals surface area contributed by atoms with E-state index in [1.807, 2.05) is 0 Å². The molecule has 2 heterocycles. The highest BCUT2D eigenvalue weighted by Crippen LogP contribution is 2.24.